The lowest BCUT2D eigenvalue weighted by molar-refractivity contribution is -0.115. The molecule has 0 radical (unpaired) electrons. The number of anilines is 1. The number of halogens is 1. The zero-order valence-electron chi connectivity index (χ0n) is 12.7. The van der Waals surface area contributed by atoms with Crippen LogP contribution in [0, 0.1) is 0 Å². The van der Waals surface area contributed by atoms with E-state index < -0.39 is 0 Å². The van der Waals surface area contributed by atoms with Gasteiger partial charge in [-0.05, 0) is 36.5 Å². The number of amides is 1. The zero-order chi connectivity index (χ0) is 14.4. The molecule has 1 aromatic rings. The summed E-state index contributed by atoms with van der Waals surface area (Å²) in [7, 11) is 0. The Hall–Kier alpha value is -1.10. The number of rotatable bonds is 6. The summed E-state index contributed by atoms with van der Waals surface area (Å²) in [6.45, 7) is 6.21. The van der Waals surface area contributed by atoms with Crippen LogP contribution in [-0.4, -0.2) is 31.7 Å². The summed E-state index contributed by atoms with van der Waals surface area (Å²) in [6.07, 6.45) is 2.48. The molecule has 1 amide bonds. The Kier molecular flexibility index (Phi) is 7.72. The molecule has 1 atom stereocenters. The lowest BCUT2D eigenvalue weighted by atomic mass is 10.0. The van der Waals surface area contributed by atoms with E-state index in [4.69, 9.17) is 4.74 Å². The van der Waals surface area contributed by atoms with Crippen LogP contribution in [0.25, 0.3) is 0 Å². The standard InChI is InChI=1S/C16H24N2O2.ClH/c1-12(2)13-5-3-6-14(9-13)18-16(19)11-17-10-15-7-4-8-20-15;/h3,5-6,9,12,15,17H,4,7-8,10-11H2,1-2H3,(H,18,19);1H. The van der Waals surface area contributed by atoms with Gasteiger partial charge < -0.3 is 15.4 Å². The van der Waals surface area contributed by atoms with Crippen molar-refractivity contribution in [3.05, 3.63) is 29.8 Å². The fraction of sp³-hybridized carbons (Fsp3) is 0.562. The van der Waals surface area contributed by atoms with Crippen LogP contribution < -0.4 is 10.6 Å². The molecule has 2 rings (SSSR count). The summed E-state index contributed by atoms with van der Waals surface area (Å²) in [4.78, 5) is 11.9. The number of benzene rings is 1. The largest absolute Gasteiger partial charge is 0.377 e. The van der Waals surface area contributed by atoms with Crippen molar-refractivity contribution < 1.29 is 9.53 Å². The third-order valence-electron chi connectivity index (χ3n) is 3.52. The number of hydrogen-bond donors (Lipinski definition) is 2. The average Bonchev–Trinajstić information content (AvgIpc) is 2.92. The van der Waals surface area contributed by atoms with E-state index in [0.717, 1.165) is 31.7 Å². The number of hydrogen-bond acceptors (Lipinski definition) is 3. The first-order chi connectivity index (χ1) is 9.65. The van der Waals surface area contributed by atoms with Gasteiger partial charge in [-0.25, -0.2) is 0 Å². The predicted octanol–water partition coefficient (Wildman–Crippen LogP) is 2.94. The Labute approximate surface area is 133 Å². The molecule has 1 saturated heterocycles. The first-order valence-electron chi connectivity index (χ1n) is 7.37. The molecule has 1 aromatic carbocycles. The molecule has 0 saturated carbocycles. The Morgan fingerprint density at radius 1 is 1.43 bits per heavy atom. The first kappa shape index (κ1) is 18.0. The van der Waals surface area contributed by atoms with Gasteiger partial charge in [-0.3, -0.25) is 4.79 Å². The molecule has 5 heteroatoms. The van der Waals surface area contributed by atoms with E-state index in [9.17, 15) is 4.79 Å². The normalized spacial score (nSPS) is 17.6. The van der Waals surface area contributed by atoms with Crippen LogP contribution in [-0.2, 0) is 9.53 Å². The molecular weight excluding hydrogens is 288 g/mol. The van der Waals surface area contributed by atoms with Crippen molar-refractivity contribution in [3.8, 4) is 0 Å². The van der Waals surface area contributed by atoms with Crippen LogP contribution in [0.4, 0.5) is 5.69 Å². The number of carbonyl (C=O) groups is 1. The van der Waals surface area contributed by atoms with Gasteiger partial charge in [0.15, 0.2) is 0 Å². The van der Waals surface area contributed by atoms with Crippen LogP contribution in [0.3, 0.4) is 0 Å². The van der Waals surface area contributed by atoms with Crippen LogP contribution in [0.15, 0.2) is 24.3 Å². The van der Waals surface area contributed by atoms with E-state index in [0.29, 0.717) is 12.5 Å². The summed E-state index contributed by atoms with van der Waals surface area (Å²) < 4.78 is 5.50. The molecular formula is C16H25ClN2O2. The maximum absolute atomic E-state index is 11.9. The molecule has 0 aliphatic carbocycles. The maximum Gasteiger partial charge on any atom is 0.238 e. The summed E-state index contributed by atoms with van der Waals surface area (Å²) in [5, 5.41) is 6.07. The maximum atomic E-state index is 11.9. The quantitative estimate of drug-likeness (QED) is 0.849. The molecule has 0 bridgehead atoms. The van der Waals surface area contributed by atoms with Gasteiger partial charge in [0, 0.05) is 18.8 Å². The van der Waals surface area contributed by atoms with E-state index in [1.807, 2.05) is 18.2 Å². The van der Waals surface area contributed by atoms with Crippen LogP contribution in [0.2, 0.25) is 0 Å². The molecule has 0 aromatic heterocycles. The van der Waals surface area contributed by atoms with Crippen molar-refractivity contribution in [2.24, 2.45) is 0 Å². The molecule has 1 aliphatic rings. The fourth-order valence-electron chi connectivity index (χ4n) is 2.33. The van der Waals surface area contributed by atoms with Crippen molar-refractivity contribution in [2.45, 2.75) is 38.7 Å². The summed E-state index contributed by atoms with van der Waals surface area (Å²) >= 11 is 0. The number of ether oxygens (including phenoxy) is 1. The van der Waals surface area contributed by atoms with E-state index in [1.165, 1.54) is 5.56 Å². The molecule has 1 unspecified atom stereocenters. The Morgan fingerprint density at radius 2 is 2.24 bits per heavy atom. The molecule has 1 aliphatic heterocycles. The van der Waals surface area contributed by atoms with Gasteiger partial charge in [-0.1, -0.05) is 26.0 Å². The van der Waals surface area contributed by atoms with Gasteiger partial charge in [-0.2, -0.15) is 0 Å². The minimum absolute atomic E-state index is 0. The summed E-state index contributed by atoms with van der Waals surface area (Å²) in [5.41, 5.74) is 2.09. The summed E-state index contributed by atoms with van der Waals surface area (Å²) in [5.74, 6) is 0.452. The topological polar surface area (TPSA) is 50.4 Å². The van der Waals surface area contributed by atoms with E-state index in [1.54, 1.807) is 0 Å². The lowest BCUT2D eigenvalue weighted by Crippen LogP contribution is -2.33. The van der Waals surface area contributed by atoms with Crippen LogP contribution >= 0.6 is 12.4 Å². The Balaban J connectivity index is 0.00000220. The fourth-order valence-corrected chi connectivity index (χ4v) is 2.33. The SMILES string of the molecule is CC(C)c1cccc(NC(=O)CNCC2CCCO2)c1.Cl. The van der Waals surface area contributed by atoms with Gasteiger partial charge in [0.2, 0.25) is 5.91 Å². The van der Waals surface area contributed by atoms with Crippen molar-refractivity contribution >= 4 is 24.0 Å². The van der Waals surface area contributed by atoms with Crippen LogP contribution in [0.5, 0.6) is 0 Å². The van der Waals surface area contributed by atoms with E-state index in [2.05, 4.69) is 30.5 Å². The molecule has 118 valence electrons. The third kappa shape index (κ3) is 6.04. The van der Waals surface area contributed by atoms with E-state index >= 15 is 0 Å². The highest BCUT2D eigenvalue weighted by Crippen LogP contribution is 2.18. The van der Waals surface area contributed by atoms with Gasteiger partial charge in [0.05, 0.1) is 12.6 Å². The summed E-state index contributed by atoms with van der Waals surface area (Å²) in [6, 6.07) is 8.01. The monoisotopic (exact) mass is 312 g/mol. The number of nitrogens with one attached hydrogen (secondary N) is 2. The van der Waals surface area contributed by atoms with Crippen molar-refractivity contribution in [1.82, 2.24) is 5.32 Å². The van der Waals surface area contributed by atoms with Gasteiger partial charge >= 0.3 is 0 Å². The smallest absolute Gasteiger partial charge is 0.238 e. The molecule has 2 N–H and O–H groups in total. The lowest BCUT2D eigenvalue weighted by Gasteiger charge is -2.12. The van der Waals surface area contributed by atoms with Gasteiger partial charge in [-0.15, -0.1) is 12.4 Å². The Morgan fingerprint density at radius 3 is 2.90 bits per heavy atom. The average molecular weight is 313 g/mol. The highest BCUT2D eigenvalue weighted by Gasteiger charge is 2.15. The molecule has 0 spiro atoms. The molecule has 1 heterocycles. The minimum Gasteiger partial charge on any atom is -0.377 e. The van der Waals surface area contributed by atoms with Crippen molar-refractivity contribution in [3.63, 3.8) is 0 Å². The van der Waals surface area contributed by atoms with Crippen LogP contribution in [0.1, 0.15) is 38.2 Å². The second kappa shape index (κ2) is 9.03. The Bertz CT molecular complexity index is 446. The zero-order valence-corrected chi connectivity index (χ0v) is 13.5. The van der Waals surface area contributed by atoms with Gasteiger partial charge in [0.25, 0.3) is 0 Å². The second-order valence-electron chi connectivity index (χ2n) is 5.59. The highest BCUT2D eigenvalue weighted by atomic mass is 35.5. The minimum atomic E-state index is -0.0103. The first-order valence-corrected chi connectivity index (χ1v) is 7.37. The van der Waals surface area contributed by atoms with Crippen molar-refractivity contribution in [1.29, 1.82) is 0 Å². The predicted molar refractivity (Wildman–Crippen MR) is 88.3 cm³/mol. The molecule has 4 nitrogen and oxygen atoms in total. The highest BCUT2D eigenvalue weighted by molar-refractivity contribution is 5.92. The van der Waals surface area contributed by atoms with Gasteiger partial charge in [0.1, 0.15) is 0 Å². The third-order valence-corrected chi connectivity index (χ3v) is 3.52. The molecule has 21 heavy (non-hydrogen) atoms. The van der Waals surface area contributed by atoms with E-state index in [-0.39, 0.29) is 24.4 Å². The molecule has 1 fully saturated rings. The second-order valence-corrected chi connectivity index (χ2v) is 5.59. The number of carbonyl (C=O) groups excluding carboxylic acids is 1. The van der Waals surface area contributed by atoms with Crippen molar-refractivity contribution in [2.75, 3.05) is 25.0 Å².